The van der Waals surface area contributed by atoms with Crippen molar-refractivity contribution in [3.63, 3.8) is 0 Å². The highest BCUT2D eigenvalue weighted by atomic mass is 16.4. The minimum absolute atomic E-state index is 0.155. The van der Waals surface area contributed by atoms with E-state index in [4.69, 9.17) is 5.11 Å². The lowest BCUT2D eigenvalue weighted by Gasteiger charge is -2.04. The normalized spacial score (nSPS) is 10.1. The second kappa shape index (κ2) is 5.25. The molecular weight excluding hydrogens is 214 g/mol. The van der Waals surface area contributed by atoms with Crippen LogP contribution in [0.2, 0.25) is 0 Å². The monoisotopic (exact) mass is 226 g/mol. The summed E-state index contributed by atoms with van der Waals surface area (Å²) in [5.74, 6) is -0.773. The average molecular weight is 226 g/mol. The first-order valence-corrected chi connectivity index (χ1v) is 5.38. The van der Waals surface area contributed by atoms with Gasteiger partial charge in [0.15, 0.2) is 0 Å². The number of carboxylic acids is 1. The van der Waals surface area contributed by atoms with E-state index in [1.807, 2.05) is 30.3 Å². The number of hydrogen-bond acceptors (Lipinski definition) is 2. The molecule has 3 heteroatoms. The predicted molar refractivity (Wildman–Crippen MR) is 64.5 cm³/mol. The maximum absolute atomic E-state index is 10.5. The zero-order chi connectivity index (χ0) is 12.1. The van der Waals surface area contributed by atoms with Crippen LogP contribution in [0.15, 0.2) is 42.7 Å². The Bertz CT molecular complexity index is 509. The van der Waals surface area contributed by atoms with Crippen LogP contribution in [0.3, 0.4) is 0 Å². The van der Waals surface area contributed by atoms with E-state index in [1.165, 1.54) is 0 Å². The van der Waals surface area contributed by atoms with Crippen molar-refractivity contribution in [3.8, 4) is 11.1 Å². The number of benzene rings is 1. The number of nitrogens with zero attached hydrogens (tertiary/aromatic N) is 1. The van der Waals surface area contributed by atoms with E-state index in [1.54, 1.807) is 12.4 Å². The summed E-state index contributed by atoms with van der Waals surface area (Å²) in [5, 5.41) is 8.65. The molecule has 1 aromatic carbocycles. The number of pyridine rings is 1. The minimum Gasteiger partial charge on any atom is -0.481 e. The van der Waals surface area contributed by atoms with Crippen molar-refractivity contribution in [3.05, 3.63) is 54.4 Å². The molecule has 85 valence electrons. The van der Waals surface area contributed by atoms with E-state index >= 15 is 0 Å². The molecule has 0 amide bonds. The molecule has 0 saturated heterocycles. The van der Waals surface area contributed by atoms with Crippen molar-refractivity contribution >= 4 is 5.97 Å². The first-order chi connectivity index (χ1) is 8.25. The van der Waals surface area contributed by atoms with Crippen molar-refractivity contribution in [1.82, 2.24) is 4.98 Å². The number of carbonyl (C=O) groups is 1. The minimum atomic E-state index is -0.773. The molecule has 2 aromatic rings. The highest BCUT2D eigenvalue weighted by Gasteiger charge is 2.01. The number of aromatic nitrogens is 1. The summed E-state index contributed by atoms with van der Waals surface area (Å²) >= 11 is 0. The van der Waals surface area contributed by atoms with Gasteiger partial charge in [-0.1, -0.05) is 24.3 Å². The Morgan fingerprint density at radius 1 is 1.35 bits per heavy atom. The summed E-state index contributed by atoms with van der Waals surface area (Å²) < 4.78 is 0. The molecule has 1 aromatic heterocycles. The van der Waals surface area contributed by atoms with Crippen LogP contribution in [0, 0.1) is 6.07 Å². The van der Waals surface area contributed by atoms with Crippen molar-refractivity contribution in [2.45, 2.75) is 12.8 Å². The van der Waals surface area contributed by atoms with E-state index in [0.717, 1.165) is 16.7 Å². The zero-order valence-corrected chi connectivity index (χ0v) is 9.26. The van der Waals surface area contributed by atoms with Crippen molar-refractivity contribution in [1.29, 1.82) is 0 Å². The molecule has 0 atom stereocenters. The molecule has 1 N–H and O–H groups in total. The van der Waals surface area contributed by atoms with E-state index in [2.05, 4.69) is 11.1 Å². The van der Waals surface area contributed by atoms with Crippen molar-refractivity contribution in [2.24, 2.45) is 0 Å². The fourth-order valence-corrected chi connectivity index (χ4v) is 1.64. The van der Waals surface area contributed by atoms with Gasteiger partial charge in [0.05, 0.1) is 0 Å². The molecule has 0 unspecified atom stereocenters. The lowest BCUT2D eigenvalue weighted by molar-refractivity contribution is -0.136. The molecule has 0 fully saturated rings. The second-order valence-corrected chi connectivity index (χ2v) is 3.77. The fourth-order valence-electron chi connectivity index (χ4n) is 1.64. The third-order valence-electron chi connectivity index (χ3n) is 2.49. The highest BCUT2D eigenvalue weighted by Crippen LogP contribution is 2.19. The number of carboxylic acid groups (broad SMARTS) is 1. The van der Waals surface area contributed by atoms with Gasteiger partial charge in [-0.3, -0.25) is 9.78 Å². The third kappa shape index (κ3) is 3.14. The lowest BCUT2D eigenvalue weighted by Crippen LogP contribution is -1.97. The largest absolute Gasteiger partial charge is 0.481 e. The molecule has 2 rings (SSSR count). The van der Waals surface area contributed by atoms with Crippen LogP contribution in [0.5, 0.6) is 0 Å². The van der Waals surface area contributed by atoms with Crippen LogP contribution >= 0.6 is 0 Å². The standard InChI is InChI=1S/C14H12NO2/c16-14(17)7-6-11-3-1-4-12(9-11)13-5-2-8-15-10-13/h1,3-5,8-10H,6-7H2,(H,16,17). The molecule has 0 bridgehead atoms. The molecule has 0 spiro atoms. The Morgan fingerprint density at radius 3 is 2.94 bits per heavy atom. The molecule has 1 heterocycles. The topological polar surface area (TPSA) is 50.2 Å². The summed E-state index contributed by atoms with van der Waals surface area (Å²) in [4.78, 5) is 14.5. The molecule has 1 radical (unpaired) electrons. The van der Waals surface area contributed by atoms with Crippen LogP contribution in [0.4, 0.5) is 0 Å². The van der Waals surface area contributed by atoms with Gasteiger partial charge in [-0.15, -0.1) is 0 Å². The van der Waals surface area contributed by atoms with Crippen LogP contribution in [0.25, 0.3) is 11.1 Å². The summed E-state index contributed by atoms with van der Waals surface area (Å²) in [7, 11) is 0. The van der Waals surface area contributed by atoms with E-state index in [9.17, 15) is 4.79 Å². The van der Waals surface area contributed by atoms with E-state index < -0.39 is 5.97 Å². The SMILES string of the molecule is O=C(O)CCc1cccc(-c2c[c]cnc2)c1. The molecule has 0 aliphatic rings. The van der Waals surface area contributed by atoms with Crippen LogP contribution in [-0.2, 0) is 11.2 Å². The number of rotatable bonds is 4. The maximum Gasteiger partial charge on any atom is 0.303 e. The molecule has 0 saturated carbocycles. The van der Waals surface area contributed by atoms with E-state index in [-0.39, 0.29) is 6.42 Å². The second-order valence-electron chi connectivity index (χ2n) is 3.77. The molecule has 0 aliphatic heterocycles. The van der Waals surface area contributed by atoms with Crippen LogP contribution in [-0.4, -0.2) is 16.1 Å². The van der Waals surface area contributed by atoms with Gasteiger partial charge in [-0.05, 0) is 23.6 Å². The van der Waals surface area contributed by atoms with Crippen molar-refractivity contribution in [2.75, 3.05) is 0 Å². The van der Waals surface area contributed by atoms with E-state index in [0.29, 0.717) is 6.42 Å². The average Bonchev–Trinajstić information content (AvgIpc) is 2.38. The number of aliphatic carboxylic acids is 1. The summed E-state index contributed by atoms with van der Waals surface area (Å²) in [6.45, 7) is 0. The Balaban J connectivity index is 2.20. The third-order valence-corrected chi connectivity index (χ3v) is 2.49. The first-order valence-electron chi connectivity index (χ1n) is 5.38. The quantitative estimate of drug-likeness (QED) is 0.871. The zero-order valence-electron chi connectivity index (χ0n) is 9.26. The summed E-state index contributed by atoms with van der Waals surface area (Å²) in [6.07, 6.45) is 4.08. The number of aryl methyl sites for hydroxylation is 1. The smallest absolute Gasteiger partial charge is 0.303 e. The van der Waals surface area contributed by atoms with Gasteiger partial charge in [-0.2, -0.15) is 0 Å². The van der Waals surface area contributed by atoms with Crippen LogP contribution in [0.1, 0.15) is 12.0 Å². The Hall–Kier alpha value is -2.16. The van der Waals surface area contributed by atoms with Gasteiger partial charge in [-0.25, -0.2) is 0 Å². The molecule has 0 aliphatic carbocycles. The number of hydrogen-bond donors (Lipinski definition) is 1. The lowest BCUT2D eigenvalue weighted by atomic mass is 10.0. The Kier molecular flexibility index (Phi) is 3.50. The maximum atomic E-state index is 10.5. The van der Waals surface area contributed by atoms with Crippen molar-refractivity contribution < 1.29 is 9.90 Å². The summed E-state index contributed by atoms with van der Waals surface area (Å²) in [5.41, 5.74) is 3.05. The van der Waals surface area contributed by atoms with Gasteiger partial charge in [0.2, 0.25) is 0 Å². The summed E-state index contributed by atoms with van der Waals surface area (Å²) in [6, 6.07) is 12.6. The van der Waals surface area contributed by atoms with Gasteiger partial charge < -0.3 is 5.11 Å². The Labute approximate surface area is 99.8 Å². The van der Waals surface area contributed by atoms with Gasteiger partial charge in [0.25, 0.3) is 0 Å². The fraction of sp³-hybridized carbons (Fsp3) is 0.143. The first kappa shape index (κ1) is 11.3. The molecule has 17 heavy (non-hydrogen) atoms. The van der Waals surface area contributed by atoms with Gasteiger partial charge in [0.1, 0.15) is 0 Å². The molecular formula is C14H12NO2. The molecule has 3 nitrogen and oxygen atoms in total. The predicted octanol–water partition coefficient (Wildman–Crippen LogP) is 2.57. The highest BCUT2D eigenvalue weighted by molar-refractivity contribution is 5.67. The van der Waals surface area contributed by atoms with Gasteiger partial charge >= 0.3 is 5.97 Å². The van der Waals surface area contributed by atoms with Crippen LogP contribution < -0.4 is 0 Å². The Morgan fingerprint density at radius 2 is 2.24 bits per heavy atom. The van der Waals surface area contributed by atoms with Gasteiger partial charge in [0, 0.05) is 30.4 Å².